The average Bonchev–Trinajstić information content (AvgIpc) is 4.12. The van der Waals surface area contributed by atoms with E-state index in [-0.39, 0.29) is 36.3 Å². The molecule has 0 saturated carbocycles. The first kappa shape index (κ1) is 43.1. The largest absolute Gasteiger partial charge is 0.491 e. The molecule has 0 bridgehead atoms. The minimum absolute atomic E-state index is 0.0870. The molecular weight excluding hydrogens is 709 g/mol. The van der Waals surface area contributed by atoms with Crippen LogP contribution < -0.4 is 19.6 Å². The second-order valence-corrected chi connectivity index (χ2v) is 16.5. The molecule has 56 heavy (non-hydrogen) atoms. The highest BCUT2D eigenvalue weighted by molar-refractivity contribution is 5.42. The number of hydrogen-bond acceptors (Lipinski definition) is 9. The molecule has 0 radical (unpaired) electrons. The normalized spacial score (nSPS) is 17.6. The maximum Gasteiger partial charge on any atom is 0.138 e. The minimum atomic E-state index is -0.647. The number of methoxy groups -OCH3 is 1. The molecule has 2 aliphatic rings. The fraction of sp³-hybridized carbons (Fsp3) is 0.478. The maximum absolute atomic E-state index is 10.4. The Bertz CT molecular complexity index is 1690. The van der Waals surface area contributed by atoms with Gasteiger partial charge in [-0.1, -0.05) is 93.9 Å². The number of aliphatic hydroxyl groups is 2. The minimum Gasteiger partial charge on any atom is -0.491 e. The smallest absolute Gasteiger partial charge is 0.138 e. The number of benzene rings is 4. The molecular formula is C46H63N2O8+. The Hall–Kier alpha value is -4.00. The zero-order valence-corrected chi connectivity index (χ0v) is 34.5. The van der Waals surface area contributed by atoms with Crippen LogP contribution in [0.5, 0.6) is 17.2 Å². The zero-order chi connectivity index (χ0) is 40.3. The number of ether oxygens (including phenoxy) is 6. The standard InChI is InChI=1S/C25H39N2O4.C21H24O4/c1-19-7-9-20(10-8-19)25(2,3)21-11-13-24(14-12-21)31-18-23(29)16-27(4,5)26-15-22(28)17-30-6;1-21(2,15-3-7-17(8-4-15)22-11-19-13-24-19)16-5-9-18(10-6-16)23-12-20-14-25-20/h7-14,22-23,26,28-29H,15-18H2,1-6H3;3-10,19-20H,11-14H2,1-2H3/q+1;. The van der Waals surface area contributed by atoms with Crippen LogP contribution in [0.15, 0.2) is 97.1 Å². The van der Waals surface area contributed by atoms with E-state index >= 15 is 0 Å². The van der Waals surface area contributed by atoms with Crippen molar-refractivity contribution < 1.29 is 43.2 Å². The van der Waals surface area contributed by atoms with Gasteiger partial charge in [-0.05, 0) is 65.6 Å². The summed E-state index contributed by atoms with van der Waals surface area (Å²) in [5.41, 5.74) is 9.25. The third-order valence-electron chi connectivity index (χ3n) is 10.4. The van der Waals surface area contributed by atoms with Crippen LogP contribution >= 0.6 is 0 Å². The first-order valence-corrected chi connectivity index (χ1v) is 19.6. The Balaban J connectivity index is 0.000000218. The highest BCUT2D eigenvalue weighted by Gasteiger charge is 2.27. The summed E-state index contributed by atoms with van der Waals surface area (Å²) in [6, 6.07) is 33.4. The van der Waals surface area contributed by atoms with E-state index < -0.39 is 12.2 Å². The Kier molecular flexibility index (Phi) is 15.0. The summed E-state index contributed by atoms with van der Waals surface area (Å²) >= 11 is 0. The van der Waals surface area contributed by atoms with E-state index in [0.29, 0.717) is 30.9 Å². The van der Waals surface area contributed by atoms with Gasteiger partial charge in [0.1, 0.15) is 61.9 Å². The van der Waals surface area contributed by atoms with E-state index in [9.17, 15) is 10.2 Å². The molecule has 2 fully saturated rings. The van der Waals surface area contributed by atoms with Gasteiger partial charge in [-0.15, -0.1) is 0 Å². The molecule has 2 aliphatic heterocycles. The Labute approximate surface area is 333 Å². The van der Waals surface area contributed by atoms with Crippen molar-refractivity contribution in [3.8, 4) is 17.2 Å². The van der Waals surface area contributed by atoms with Crippen LogP contribution in [0.4, 0.5) is 0 Å². The van der Waals surface area contributed by atoms with Gasteiger partial charge in [-0.25, -0.2) is 4.59 Å². The topological polar surface area (TPSA) is 114 Å². The first-order chi connectivity index (χ1) is 26.6. The van der Waals surface area contributed by atoms with E-state index in [1.54, 1.807) is 7.11 Å². The predicted molar refractivity (Wildman–Crippen MR) is 220 cm³/mol. The SMILES string of the molecule is CC(C)(c1ccc(OCC2CO2)cc1)c1ccc(OCC2CO2)cc1.COCC(O)CN[N+](C)(C)CC(O)COc1ccc(C(C)(C)c2ccc(C)cc2)cc1. The van der Waals surface area contributed by atoms with Crippen molar-refractivity contribution in [2.24, 2.45) is 0 Å². The number of nitrogens with one attached hydrogen (secondary N) is 1. The number of likely N-dealkylation sites (N-methyl/N-ethyl adjacent to an activating group) is 1. The van der Waals surface area contributed by atoms with Gasteiger partial charge < -0.3 is 38.6 Å². The van der Waals surface area contributed by atoms with Crippen LogP contribution in [0.25, 0.3) is 0 Å². The quantitative estimate of drug-likeness (QED) is 0.0548. The van der Waals surface area contributed by atoms with Crippen molar-refractivity contribution >= 4 is 0 Å². The predicted octanol–water partition coefficient (Wildman–Crippen LogP) is 6.22. The fourth-order valence-corrected chi connectivity index (χ4v) is 6.35. The Morgan fingerprint density at radius 2 is 1.00 bits per heavy atom. The highest BCUT2D eigenvalue weighted by Crippen LogP contribution is 2.34. The third kappa shape index (κ3) is 13.3. The summed E-state index contributed by atoms with van der Waals surface area (Å²) < 4.78 is 32.9. The number of quaternary nitrogens is 1. The maximum atomic E-state index is 10.4. The van der Waals surface area contributed by atoms with Gasteiger partial charge in [0.15, 0.2) is 0 Å². The molecule has 4 unspecified atom stereocenters. The first-order valence-electron chi connectivity index (χ1n) is 19.6. The zero-order valence-electron chi connectivity index (χ0n) is 34.5. The average molecular weight is 772 g/mol. The molecule has 304 valence electrons. The van der Waals surface area contributed by atoms with Gasteiger partial charge >= 0.3 is 0 Å². The summed E-state index contributed by atoms with van der Waals surface area (Å²) in [7, 11) is 5.43. The van der Waals surface area contributed by atoms with Crippen molar-refractivity contribution in [1.82, 2.24) is 5.43 Å². The third-order valence-corrected chi connectivity index (χ3v) is 10.4. The molecule has 6 rings (SSSR count). The molecule has 3 N–H and O–H groups in total. The summed E-state index contributed by atoms with van der Waals surface area (Å²) in [5.74, 6) is 2.51. The fourth-order valence-electron chi connectivity index (χ4n) is 6.35. The van der Waals surface area contributed by atoms with Crippen molar-refractivity contribution in [3.63, 3.8) is 0 Å². The summed E-state index contributed by atoms with van der Waals surface area (Å²) in [5, 5.41) is 20.2. The molecule has 4 atom stereocenters. The summed E-state index contributed by atoms with van der Waals surface area (Å²) in [6.07, 6.45) is -0.670. The molecule has 0 aromatic heterocycles. The van der Waals surface area contributed by atoms with E-state index in [2.05, 4.69) is 101 Å². The van der Waals surface area contributed by atoms with E-state index in [4.69, 9.17) is 28.4 Å². The lowest BCUT2D eigenvalue weighted by molar-refractivity contribution is -0.937. The molecule has 0 amide bonds. The van der Waals surface area contributed by atoms with Crippen molar-refractivity contribution in [2.75, 3.05) is 73.9 Å². The van der Waals surface area contributed by atoms with Gasteiger partial charge in [-0.2, -0.15) is 5.43 Å². The number of hydrogen-bond donors (Lipinski definition) is 3. The van der Waals surface area contributed by atoms with E-state index in [0.717, 1.165) is 30.5 Å². The van der Waals surface area contributed by atoms with Crippen LogP contribution in [0.1, 0.15) is 55.5 Å². The molecule has 2 saturated heterocycles. The van der Waals surface area contributed by atoms with Crippen LogP contribution in [-0.2, 0) is 25.0 Å². The lowest BCUT2D eigenvalue weighted by atomic mass is 9.78. The van der Waals surface area contributed by atoms with E-state index in [1.807, 2.05) is 50.5 Å². The number of nitrogens with zero attached hydrogens (tertiary/aromatic N) is 1. The molecule has 0 spiro atoms. The second-order valence-electron chi connectivity index (χ2n) is 16.5. The molecule has 0 aliphatic carbocycles. The van der Waals surface area contributed by atoms with Gasteiger partial charge in [0, 0.05) is 17.9 Å². The monoisotopic (exact) mass is 771 g/mol. The van der Waals surface area contributed by atoms with E-state index in [1.165, 1.54) is 27.8 Å². The molecule has 2 heterocycles. The molecule has 4 aromatic carbocycles. The highest BCUT2D eigenvalue weighted by atomic mass is 16.6. The number of epoxide rings is 2. The lowest BCUT2D eigenvalue weighted by Crippen LogP contribution is -2.58. The number of aryl methyl sites for hydroxylation is 1. The molecule has 10 heteroatoms. The Morgan fingerprint density at radius 3 is 1.38 bits per heavy atom. The van der Waals surface area contributed by atoms with Gasteiger partial charge in [0.2, 0.25) is 0 Å². The van der Waals surface area contributed by atoms with Crippen LogP contribution in [0.2, 0.25) is 0 Å². The summed E-state index contributed by atoms with van der Waals surface area (Å²) in [4.78, 5) is 0. The van der Waals surface area contributed by atoms with Crippen molar-refractivity contribution in [3.05, 3.63) is 125 Å². The molecule has 10 nitrogen and oxygen atoms in total. The summed E-state index contributed by atoms with van der Waals surface area (Å²) in [6.45, 7) is 15.2. The Morgan fingerprint density at radius 1 is 0.625 bits per heavy atom. The van der Waals surface area contributed by atoms with Gasteiger partial charge in [-0.3, -0.25) is 0 Å². The lowest BCUT2D eigenvalue weighted by Gasteiger charge is -2.32. The van der Waals surface area contributed by atoms with Crippen molar-refractivity contribution in [1.29, 1.82) is 0 Å². The van der Waals surface area contributed by atoms with Crippen LogP contribution in [0.3, 0.4) is 0 Å². The molecule has 4 aromatic rings. The van der Waals surface area contributed by atoms with Gasteiger partial charge in [0.05, 0.1) is 46.6 Å². The second kappa shape index (κ2) is 19.4. The van der Waals surface area contributed by atoms with Crippen molar-refractivity contribution in [2.45, 2.75) is 69.9 Å². The van der Waals surface area contributed by atoms with Gasteiger partial charge in [0.25, 0.3) is 0 Å². The van der Waals surface area contributed by atoms with Crippen LogP contribution in [0, 0.1) is 6.92 Å². The number of rotatable bonds is 20. The number of aliphatic hydroxyl groups excluding tert-OH is 2. The van der Waals surface area contributed by atoms with Crippen LogP contribution in [-0.4, -0.2) is 113 Å².